The number of ether oxygens (including phenoxy) is 1. The van der Waals surface area contributed by atoms with Gasteiger partial charge in [0.1, 0.15) is 0 Å². The number of hydrogen-bond acceptors (Lipinski definition) is 2. The third-order valence-corrected chi connectivity index (χ3v) is 2.70. The molecular weight excluding hydrogens is 247 g/mol. The van der Waals surface area contributed by atoms with Crippen molar-refractivity contribution in [1.82, 2.24) is 0 Å². The quantitative estimate of drug-likeness (QED) is 0.755. The average molecular weight is 259 g/mol. The zero-order valence-corrected chi connectivity index (χ0v) is 10.4. The van der Waals surface area contributed by atoms with E-state index in [1.165, 1.54) is 6.08 Å². The summed E-state index contributed by atoms with van der Waals surface area (Å²) in [6, 6.07) is 5.21. The van der Waals surface area contributed by atoms with E-state index in [1.807, 2.05) is 0 Å². The SMILES string of the molecule is COCCC(=O)/C=C/c1ccc(Cl)c(Cl)c1. The molecule has 0 aliphatic heterocycles. The predicted octanol–water partition coefficient (Wildman–Crippen LogP) is 3.61. The van der Waals surface area contributed by atoms with Gasteiger partial charge in [0, 0.05) is 13.5 Å². The van der Waals surface area contributed by atoms with Crippen molar-refractivity contribution in [3.63, 3.8) is 0 Å². The van der Waals surface area contributed by atoms with Crippen molar-refractivity contribution in [2.75, 3.05) is 13.7 Å². The van der Waals surface area contributed by atoms with Gasteiger partial charge in [0.2, 0.25) is 0 Å². The molecule has 1 aromatic rings. The maximum atomic E-state index is 11.3. The number of halogens is 2. The third kappa shape index (κ3) is 4.35. The molecule has 0 heterocycles. The molecule has 0 amide bonds. The Hall–Kier alpha value is -0.830. The normalized spacial score (nSPS) is 10.9. The fourth-order valence-corrected chi connectivity index (χ4v) is 1.40. The second-order valence-corrected chi connectivity index (χ2v) is 4.03. The first-order chi connectivity index (χ1) is 7.63. The molecule has 0 bridgehead atoms. The molecule has 0 aromatic heterocycles. The minimum atomic E-state index is 0.0212. The van der Waals surface area contributed by atoms with Crippen LogP contribution in [-0.2, 0) is 9.53 Å². The lowest BCUT2D eigenvalue weighted by molar-refractivity contribution is -0.115. The van der Waals surface area contributed by atoms with Crippen molar-refractivity contribution in [2.45, 2.75) is 6.42 Å². The fourth-order valence-electron chi connectivity index (χ4n) is 1.09. The first-order valence-corrected chi connectivity index (χ1v) is 5.54. The van der Waals surface area contributed by atoms with E-state index < -0.39 is 0 Å². The highest BCUT2D eigenvalue weighted by Crippen LogP contribution is 2.23. The van der Waals surface area contributed by atoms with Gasteiger partial charge in [-0.25, -0.2) is 0 Å². The number of carbonyl (C=O) groups excluding carboxylic acids is 1. The number of ketones is 1. The Morgan fingerprint density at radius 3 is 2.75 bits per heavy atom. The Bertz CT molecular complexity index is 400. The highest BCUT2D eigenvalue weighted by molar-refractivity contribution is 6.42. The third-order valence-electron chi connectivity index (χ3n) is 1.96. The highest BCUT2D eigenvalue weighted by Gasteiger charge is 1.98. The molecule has 0 fully saturated rings. The van der Waals surface area contributed by atoms with E-state index in [-0.39, 0.29) is 5.78 Å². The van der Waals surface area contributed by atoms with Crippen LogP contribution in [-0.4, -0.2) is 19.5 Å². The second kappa shape index (κ2) is 6.69. The molecule has 0 unspecified atom stereocenters. The van der Waals surface area contributed by atoms with E-state index in [4.69, 9.17) is 27.9 Å². The lowest BCUT2D eigenvalue weighted by Gasteiger charge is -1.97. The van der Waals surface area contributed by atoms with Crippen LogP contribution in [0.4, 0.5) is 0 Å². The van der Waals surface area contributed by atoms with Gasteiger partial charge in [0.15, 0.2) is 5.78 Å². The summed E-state index contributed by atoms with van der Waals surface area (Å²) in [5.74, 6) is 0.0212. The topological polar surface area (TPSA) is 26.3 Å². The zero-order chi connectivity index (χ0) is 12.0. The van der Waals surface area contributed by atoms with Crippen LogP contribution >= 0.6 is 23.2 Å². The molecule has 4 heteroatoms. The Kier molecular flexibility index (Phi) is 5.53. The van der Waals surface area contributed by atoms with Crippen molar-refractivity contribution in [2.24, 2.45) is 0 Å². The van der Waals surface area contributed by atoms with E-state index in [1.54, 1.807) is 31.4 Å². The summed E-state index contributed by atoms with van der Waals surface area (Å²) in [4.78, 5) is 11.3. The minimum absolute atomic E-state index is 0.0212. The maximum absolute atomic E-state index is 11.3. The summed E-state index contributed by atoms with van der Waals surface area (Å²) < 4.78 is 4.81. The van der Waals surface area contributed by atoms with Crippen molar-refractivity contribution in [3.8, 4) is 0 Å². The monoisotopic (exact) mass is 258 g/mol. The number of benzene rings is 1. The van der Waals surface area contributed by atoms with Gasteiger partial charge in [0.25, 0.3) is 0 Å². The molecule has 16 heavy (non-hydrogen) atoms. The standard InChI is InChI=1S/C12H12Cl2O2/c1-16-7-6-10(15)4-2-9-3-5-11(13)12(14)8-9/h2-5,8H,6-7H2,1H3/b4-2+. The van der Waals surface area contributed by atoms with Gasteiger partial charge in [-0.3, -0.25) is 4.79 Å². The number of allylic oxidation sites excluding steroid dienone is 1. The smallest absolute Gasteiger partial charge is 0.158 e. The van der Waals surface area contributed by atoms with E-state index in [2.05, 4.69) is 0 Å². The Morgan fingerprint density at radius 1 is 1.38 bits per heavy atom. The van der Waals surface area contributed by atoms with Crippen LogP contribution in [0.3, 0.4) is 0 Å². The average Bonchev–Trinajstić information content (AvgIpc) is 2.28. The molecular formula is C12H12Cl2O2. The van der Waals surface area contributed by atoms with Gasteiger partial charge >= 0.3 is 0 Å². The van der Waals surface area contributed by atoms with Crippen LogP contribution in [0, 0.1) is 0 Å². The molecule has 0 saturated carbocycles. The first kappa shape index (κ1) is 13.2. The van der Waals surface area contributed by atoms with Gasteiger partial charge in [-0.15, -0.1) is 0 Å². The maximum Gasteiger partial charge on any atom is 0.158 e. The van der Waals surface area contributed by atoms with E-state index in [0.717, 1.165) is 5.56 Å². The van der Waals surface area contributed by atoms with E-state index in [0.29, 0.717) is 23.1 Å². The second-order valence-electron chi connectivity index (χ2n) is 3.22. The summed E-state index contributed by atoms with van der Waals surface area (Å²) in [6.45, 7) is 0.435. The summed E-state index contributed by atoms with van der Waals surface area (Å²) in [7, 11) is 1.57. The molecule has 86 valence electrons. The summed E-state index contributed by atoms with van der Waals surface area (Å²) in [5, 5.41) is 0.984. The summed E-state index contributed by atoms with van der Waals surface area (Å²) >= 11 is 11.6. The van der Waals surface area contributed by atoms with Gasteiger partial charge in [-0.2, -0.15) is 0 Å². The first-order valence-electron chi connectivity index (χ1n) is 4.78. The zero-order valence-electron chi connectivity index (χ0n) is 8.87. The van der Waals surface area contributed by atoms with Gasteiger partial charge in [-0.1, -0.05) is 35.3 Å². The molecule has 2 nitrogen and oxygen atoms in total. The van der Waals surface area contributed by atoms with Gasteiger partial charge in [-0.05, 0) is 23.8 Å². The predicted molar refractivity (Wildman–Crippen MR) is 67.0 cm³/mol. The fraction of sp³-hybridized carbons (Fsp3) is 0.250. The lowest BCUT2D eigenvalue weighted by Crippen LogP contribution is -1.98. The van der Waals surface area contributed by atoms with Crippen molar-refractivity contribution in [3.05, 3.63) is 39.9 Å². The van der Waals surface area contributed by atoms with E-state index in [9.17, 15) is 4.79 Å². The van der Waals surface area contributed by atoms with Crippen LogP contribution in [0.15, 0.2) is 24.3 Å². The van der Waals surface area contributed by atoms with Crippen molar-refractivity contribution in [1.29, 1.82) is 0 Å². The lowest BCUT2D eigenvalue weighted by atomic mass is 10.2. The van der Waals surface area contributed by atoms with Crippen LogP contribution < -0.4 is 0 Å². The molecule has 0 atom stereocenters. The Labute approximate surface area is 105 Å². The number of hydrogen-bond donors (Lipinski definition) is 0. The largest absolute Gasteiger partial charge is 0.384 e. The summed E-state index contributed by atoms with van der Waals surface area (Å²) in [6.07, 6.45) is 3.60. The minimum Gasteiger partial charge on any atom is -0.384 e. The Balaban J connectivity index is 2.62. The van der Waals surface area contributed by atoms with Crippen molar-refractivity contribution < 1.29 is 9.53 Å². The number of rotatable bonds is 5. The number of methoxy groups -OCH3 is 1. The molecule has 0 saturated heterocycles. The van der Waals surface area contributed by atoms with Gasteiger partial charge < -0.3 is 4.74 Å². The molecule has 0 radical (unpaired) electrons. The molecule has 0 spiro atoms. The van der Waals surface area contributed by atoms with Crippen LogP contribution in [0.25, 0.3) is 6.08 Å². The van der Waals surface area contributed by atoms with Crippen LogP contribution in [0.2, 0.25) is 10.0 Å². The molecule has 1 rings (SSSR count). The molecule has 0 aliphatic rings. The highest BCUT2D eigenvalue weighted by atomic mass is 35.5. The van der Waals surface area contributed by atoms with E-state index >= 15 is 0 Å². The van der Waals surface area contributed by atoms with Crippen LogP contribution in [0.5, 0.6) is 0 Å². The Morgan fingerprint density at radius 2 is 2.12 bits per heavy atom. The van der Waals surface area contributed by atoms with Crippen molar-refractivity contribution >= 4 is 35.1 Å². The molecule has 1 aromatic carbocycles. The summed E-state index contributed by atoms with van der Waals surface area (Å²) in [5.41, 5.74) is 0.847. The van der Waals surface area contributed by atoms with Crippen LogP contribution in [0.1, 0.15) is 12.0 Å². The molecule has 0 aliphatic carbocycles. The van der Waals surface area contributed by atoms with Gasteiger partial charge in [0.05, 0.1) is 16.7 Å². The molecule has 0 N–H and O–H groups in total. The number of carbonyl (C=O) groups is 1.